The molecule has 1 N–H and O–H groups in total. The summed E-state index contributed by atoms with van der Waals surface area (Å²) in [7, 11) is -0.648. The Kier molecular flexibility index (Phi) is 8.44. The van der Waals surface area contributed by atoms with Gasteiger partial charge in [0.15, 0.2) is 0 Å². The minimum absolute atomic E-state index is 0.154. The zero-order valence-electron chi connectivity index (χ0n) is 18.2. The van der Waals surface area contributed by atoms with Crippen LogP contribution in [-0.2, 0) is 26.2 Å². The molecule has 0 heterocycles. The highest BCUT2D eigenvalue weighted by atomic mass is 32.2. The largest absolute Gasteiger partial charge is 0.497 e. The Morgan fingerprint density at radius 1 is 1.06 bits per heavy atom. The van der Waals surface area contributed by atoms with Gasteiger partial charge in [0, 0.05) is 13.6 Å². The Balaban J connectivity index is 2.38. The first-order chi connectivity index (χ1) is 14.7. The fourth-order valence-corrected chi connectivity index (χ4v) is 4.07. The average molecular weight is 448 g/mol. The van der Waals surface area contributed by atoms with E-state index < -0.39 is 28.5 Å². The van der Waals surface area contributed by atoms with Gasteiger partial charge in [-0.3, -0.25) is 13.9 Å². The quantitative estimate of drug-likeness (QED) is 0.601. The van der Waals surface area contributed by atoms with Crippen molar-refractivity contribution in [2.24, 2.45) is 0 Å². The average Bonchev–Trinajstić information content (AvgIpc) is 2.77. The van der Waals surface area contributed by atoms with Crippen LogP contribution in [0.5, 0.6) is 5.75 Å². The van der Waals surface area contributed by atoms with Crippen molar-refractivity contribution in [1.29, 1.82) is 0 Å². The summed E-state index contributed by atoms with van der Waals surface area (Å²) in [5.41, 5.74) is 1.18. The van der Waals surface area contributed by atoms with Crippen LogP contribution in [-0.4, -0.2) is 58.1 Å². The fraction of sp³-hybridized carbons (Fsp3) is 0.364. The third kappa shape index (κ3) is 6.45. The van der Waals surface area contributed by atoms with E-state index in [2.05, 4.69) is 5.32 Å². The molecule has 8 nitrogen and oxygen atoms in total. The van der Waals surface area contributed by atoms with E-state index in [4.69, 9.17) is 4.74 Å². The van der Waals surface area contributed by atoms with Crippen molar-refractivity contribution in [2.45, 2.75) is 25.9 Å². The molecule has 0 aliphatic rings. The van der Waals surface area contributed by atoms with Gasteiger partial charge in [-0.15, -0.1) is 0 Å². The fourth-order valence-electron chi connectivity index (χ4n) is 3.22. The number of sulfonamides is 1. The summed E-state index contributed by atoms with van der Waals surface area (Å²) in [5.74, 6) is -0.108. The lowest BCUT2D eigenvalue weighted by molar-refractivity contribution is -0.140. The van der Waals surface area contributed by atoms with E-state index in [0.29, 0.717) is 17.9 Å². The van der Waals surface area contributed by atoms with E-state index in [9.17, 15) is 18.0 Å². The number of carbonyl (C=O) groups is 2. The molecule has 2 aromatic carbocycles. The van der Waals surface area contributed by atoms with Crippen molar-refractivity contribution in [1.82, 2.24) is 10.2 Å². The number of amides is 2. The van der Waals surface area contributed by atoms with Crippen molar-refractivity contribution in [3.05, 3.63) is 60.2 Å². The number of para-hydroxylation sites is 1. The summed E-state index contributed by atoms with van der Waals surface area (Å²) in [5, 5.41) is 2.59. The van der Waals surface area contributed by atoms with Gasteiger partial charge in [0.1, 0.15) is 18.3 Å². The van der Waals surface area contributed by atoms with E-state index in [0.717, 1.165) is 16.1 Å². The number of likely N-dealkylation sites (N-methyl/N-ethyl adjacent to an activating group) is 1. The molecule has 9 heteroatoms. The van der Waals surface area contributed by atoms with Crippen LogP contribution in [0.2, 0.25) is 0 Å². The molecule has 0 saturated heterocycles. The molecule has 2 aromatic rings. The normalized spacial score (nSPS) is 12.0. The zero-order chi connectivity index (χ0) is 23.0. The molecule has 0 bridgehead atoms. The van der Waals surface area contributed by atoms with Crippen LogP contribution in [0, 0.1) is 0 Å². The lowest BCUT2D eigenvalue weighted by Gasteiger charge is -2.32. The van der Waals surface area contributed by atoms with E-state index in [1.54, 1.807) is 68.6 Å². The SMILES string of the molecule is CC[C@@H](C(=O)NC)N(Cc1ccc(OC)cc1)C(=O)CN(c1ccccc1)S(C)(=O)=O. The molecule has 0 radical (unpaired) electrons. The first kappa shape index (κ1) is 24.2. The second kappa shape index (κ2) is 10.8. The smallest absolute Gasteiger partial charge is 0.244 e. The third-order valence-electron chi connectivity index (χ3n) is 4.87. The molecular formula is C22H29N3O5S. The predicted octanol–water partition coefficient (Wildman–Crippen LogP) is 2.01. The van der Waals surface area contributed by atoms with Crippen LogP contribution in [0.1, 0.15) is 18.9 Å². The molecule has 0 spiro atoms. The highest BCUT2D eigenvalue weighted by Crippen LogP contribution is 2.20. The number of carbonyl (C=O) groups excluding carboxylic acids is 2. The monoisotopic (exact) mass is 447 g/mol. The van der Waals surface area contributed by atoms with Gasteiger partial charge in [-0.25, -0.2) is 8.42 Å². The number of methoxy groups -OCH3 is 1. The Bertz CT molecular complexity index is 978. The highest BCUT2D eigenvalue weighted by Gasteiger charge is 2.31. The summed E-state index contributed by atoms with van der Waals surface area (Å²) in [6.07, 6.45) is 1.43. The molecule has 0 aliphatic carbocycles. The lowest BCUT2D eigenvalue weighted by atomic mass is 10.1. The van der Waals surface area contributed by atoms with Crippen LogP contribution in [0.25, 0.3) is 0 Å². The number of ether oxygens (including phenoxy) is 1. The van der Waals surface area contributed by atoms with Crippen LogP contribution >= 0.6 is 0 Å². The number of rotatable bonds is 10. The first-order valence-electron chi connectivity index (χ1n) is 9.88. The topological polar surface area (TPSA) is 96.0 Å². The summed E-state index contributed by atoms with van der Waals surface area (Å²) >= 11 is 0. The first-order valence-corrected chi connectivity index (χ1v) is 11.7. The van der Waals surface area contributed by atoms with Gasteiger partial charge in [-0.2, -0.15) is 0 Å². The maximum atomic E-state index is 13.3. The van der Waals surface area contributed by atoms with Gasteiger partial charge < -0.3 is 15.0 Å². The molecule has 0 aliphatic heterocycles. The second-order valence-corrected chi connectivity index (χ2v) is 8.92. The Hall–Kier alpha value is -3.07. The van der Waals surface area contributed by atoms with E-state index >= 15 is 0 Å². The van der Waals surface area contributed by atoms with Gasteiger partial charge >= 0.3 is 0 Å². The van der Waals surface area contributed by atoms with Gasteiger partial charge in [-0.1, -0.05) is 37.3 Å². The molecule has 0 aromatic heterocycles. The molecular weight excluding hydrogens is 418 g/mol. The summed E-state index contributed by atoms with van der Waals surface area (Å²) < 4.78 is 31.0. The Morgan fingerprint density at radius 2 is 1.68 bits per heavy atom. The molecule has 2 rings (SSSR count). The minimum atomic E-state index is -3.72. The minimum Gasteiger partial charge on any atom is -0.497 e. The molecule has 1 atom stereocenters. The van der Waals surface area contributed by atoms with Crippen molar-refractivity contribution < 1.29 is 22.7 Å². The third-order valence-corrected chi connectivity index (χ3v) is 6.01. The van der Waals surface area contributed by atoms with Crippen molar-refractivity contribution in [3.63, 3.8) is 0 Å². The molecule has 0 saturated carbocycles. The second-order valence-electron chi connectivity index (χ2n) is 7.01. The molecule has 31 heavy (non-hydrogen) atoms. The van der Waals surface area contributed by atoms with Crippen LogP contribution in [0.15, 0.2) is 54.6 Å². The predicted molar refractivity (Wildman–Crippen MR) is 120 cm³/mol. The Morgan fingerprint density at radius 3 is 2.16 bits per heavy atom. The molecule has 168 valence electrons. The number of hydrogen-bond acceptors (Lipinski definition) is 5. The summed E-state index contributed by atoms with van der Waals surface area (Å²) in [6, 6.07) is 14.8. The van der Waals surface area contributed by atoms with Gasteiger partial charge in [0.25, 0.3) is 0 Å². The van der Waals surface area contributed by atoms with Crippen molar-refractivity contribution >= 4 is 27.5 Å². The standard InChI is InChI=1S/C22H29N3O5S/c1-5-20(22(27)23-2)24(15-17-11-13-19(30-3)14-12-17)21(26)16-25(31(4,28)29)18-9-7-6-8-10-18/h6-14,20H,5,15-16H2,1-4H3,(H,23,27)/t20-/m0/s1. The molecule has 0 fully saturated rings. The van der Waals surface area contributed by atoms with E-state index in [1.807, 2.05) is 0 Å². The molecule has 2 amide bonds. The van der Waals surface area contributed by atoms with Crippen LogP contribution < -0.4 is 14.4 Å². The number of benzene rings is 2. The number of hydrogen-bond donors (Lipinski definition) is 1. The highest BCUT2D eigenvalue weighted by molar-refractivity contribution is 7.92. The van der Waals surface area contributed by atoms with Gasteiger partial charge in [0.2, 0.25) is 21.8 Å². The van der Waals surface area contributed by atoms with Crippen LogP contribution in [0.3, 0.4) is 0 Å². The molecule has 0 unspecified atom stereocenters. The number of nitrogens with one attached hydrogen (secondary N) is 1. The Labute approximate surface area is 183 Å². The van der Waals surface area contributed by atoms with Crippen molar-refractivity contribution in [3.8, 4) is 5.75 Å². The zero-order valence-corrected chi connectivity index (χ0v) is 19.1. The summed E-state index contributed by atoms with van der Waals surface area (Å²) in [4.78, 5) is 27.2. The van der Waals surface area contributed by atoms with Crippen LogP contribution in [0.4, 0.5) is 5.69 Å². The maximum absolute atomic E-state index is 13.3. The summed E-state index contributed by atoms with van der Waals surface area (Å²) in [6.45, 7) is 1.55. The maximum Gasteiger partial charge on any atom is 0.244 e. The van der Waals surface area contributed by atoms with Crippen molar-refractivity contribution in [2.75, 3.05) is 31.3 Å². The number of anilines is 1. The number of nitrogens with zero attached hydrogens (tertiary/aromatic N) is 2. The van der Waals surface area contributed by atoms with E-state index in [-0.39, 0.29) is 12.5 Å². The van der Waals surface area contributed by atoms with Gasteiger partial charge in [-0.05, 0) is 36.2 Å². The van der Waals surface area contributed by atoms with Gasteiger partial charge in [0.05, 0.1) is 19.1 Å². The van der Waals surface area contributed by atoms with E-state index in [1.165, 1.54) is 11.9 Å². The lowest BCUT2D eigenvalue weighted by Crippen LogP contribution is -2.51.